The number of anilines is 2. The van der Waals surface area contributed by atoms with Crippen LogP contribution in [0.1, 0.15) is 19.4 Å². The summed E-state index contributed by atoms with van der Waals surface area (Å²) in [4.78, 5) is 9.02. The second-order valence-corrected chi connectivity index (χ2v) is 7.18. The van der Waals surface area contributed by atoms with Crippen molar-refractivity contribution in [1.29, 1.82) is 0 Å². The zero-order valence-corrected chi connectivity index (χ0v) is 14.8. The van der Waals surface area contributed by atoms with Crippen molar-refractivity contribution < 1.29 is 4.74 Å². The van der Waals surface area contributed by atoms with E-state index in [0.29, 0.717) is 17.5 Å². The minimum absolute atomic E-state index is 0.167. The molecule has 4 rings (SSSR count). The highest BCUT2D eigenvalue weighted by Crippen LogP contribution is 2.28. The quantitative estimate of drug-likeness (QED) is 0.706. The summed E-state index contributed by atoms with van der Waals surface area (Å²) in [5.74, 6) is 0.694. The smallest absolute Gasteiger partial charge is 0.216 e. The largest absolute Gasteiger partial charge is 0.475 e. The summed E-state index contributed by atoms with van der Waals surface area (Å²) in [5, 5.41) is 5.16. The molecule has 0 atom stereocenters. The predicted octanol–water partition coefficient (Wildman–Crippen LogP) is 5.19. The number of hydrogen-bond acceptors (Lipinski definition) is 4. The van der Waals surface area contributed by atoms with Gasteiger partial charge in [0.1, 0.15) is 6.61 Å². The lowest BCUT2D eigenvalue weighted by Crippen LogP contribution is -2.17. The van der Waals surface area contributed by atoms with Gasteiger partial charge in [-0.3, -0.25) is 4.98 Å². The zero-order chi connectivity index (χ0) is 17.4. The Morgan fingerprint density at radius 2 is 2.00 bits per heavy atom. The van der Waals surface area contributed by atoms with Crippen molar-refractivity contribution in [3.05, 3.63) is 65.3 Å². The summed E-state index contributed by atoms with van der Waals surface area (Å²) < 4.78 is 5.74. The lowest BCUT2D eigenvalue weighted by Gasteiger charge is -2.11. The Morgan fingerprint density at radius 3 is 2.80 bits per heavy atom. The number of fused-ring (bicyclic) bond motifs is 1. The summed E-state index contributed by atoms with van der Waals surface area (Å²) in [6, 6.07) is 15.7. The Bertz CT molecular complexity index is 982. The van der Waals surface area contributed by atoms with Crippen molar-refractivity contribution in [3.63, 3.8) is 0 Å². The van der Waals surface area contributed by atoms with Gasteiger partial charge < -0.3 is 10.1 Å². The number of nitrogens with one attached hydrogen (secondary N) is 1. The molecule has 0 spiro atoms. The van der Waals surface area contributed by atoms with Gasteiger partial charge in [-0.2, -0.15) is 0 Å². The van der Waals surface area contributed by atoms with Crippen LogP contribution in [0.5, 0.6) is 0 Å². The SMILES string of the molecule is CC1(C)COC(c2cccc(Nc3ccnc4cc(Cl)ccc34)c2)=N1. The molecule has 0 unspecified atom stereocenters. The van der Waals surface area contributed by atoms with Gasteiger partial charge in [-0.25, -0.2) is 4.99 Å². The summed E-state index contributed by atoms with van der Waals surface area (Å²) in [6.45, 7) is 4.74. The molecule has 0 aliphatic carbocycles. The molecule has 5 heteroatoms. The predicted molar refractivity (Wildman–Crippen MR) is 103 cm³/mol. The van der Waals surface area contributed by atoms with E-state index < -0.39 is 0 Å². The van der Waals surface area contributed by atoms with Crippen LogP contribution < -0.4 is 5.32 Å². The van der Waals surface area contributed by atoms with Crippen LogP contribution in [0.3, 0.4) is 0 Å². The van der Waals surface area contributed by atoms with E-state index in [9.17, 15) is 0 Å². The fourth-order valence-corrected chi connectivity index (χ4v) is 3.01. The third kappa shape index (κ3) is 3.30. The highest BCUT2D eigenvalue weighted by molar-refractivity contribution is 6.31. The molecule has 0 radical (unpaired) electrons. The van der Waals surface area contributed by atoms with Crippen molar-refractivity contribution in [2.75, 3.05) is 11.9 Å². The third-order valence-electron chi connectivity index (χ3n) is 4.06. The molecule has 126 valence electrons. The first-order valence-electron chi connectivity index (χ1n) is 8.15. The van der Waals surface area contributed by atoms with E-state index in [-0.39, 0.29) is 5.54 Å². The minimum atomic E-state index is -0.167. The summed E-state index contributed by atoms with van der Waals surface area (Å²) in [6.07, 6.45) is 1.78. The first kappa shape index (κ1) is 15.9. The Hall–Kier alpha value is -2.59. The summed E-state index contributed by atoms with van der Waals surface area (Å²) >= 11 is 6.06. The topological polar surface area (TPSA) is 46.5 Å². The monoisotopic (exact) mass is 351 g/mol. The van der Waals surface area contributed by atoms with Gasteiger partial charge in [0.25, 0.3) is 0 Å². The molecule has 25 heavy (non-hydrogen) atoms. The van der Waals surface area contributed by atoms with E-state index in [1.165, 1.54) is 0 Å². The van der Waals surface area contributed by atoms with Gasteiger partial charge in [0.2, 0.25) is 5.90 Å². The van der Waals surface area contributed by atoms with Gasteiger partial charge in [-0.15, -0.1) is 0 Å². The van der Waals surface area contributed by atoms with E-state index in [1.54, 1.807) is 6.20 Å². The van der Waals surface area contributed by atoms with Crippen LogP contribution in [0.15, 0.2) is 59.7 Å². The highest BCUT2D eigenvalue weighted by Gasteiger charge is 2.27. The standard InChI is InChI=1S/C20H18ClN3O/c1-20(2)12-25-19(24-20)13-4-3-5-15(10-13)23-17-8-9-22-18-11-14(21)6-7-16(17)18/h3-11H,12H2,1-2H3,(H,22,23). The van der Waals surface area contributed by atoms with Gasteiger partial charge in [0.15, 0.2) is 0 Å². The molecule has 1 aliphatic rings. The van der Waals surface area contributed by atoms with Crippen LogP contribution >= 0.6 is 11.6 Å². The maximum atomic E-state index is 6.06. The second kappa shape index (κ2) is 6.05. The molecule has 1 aromatic heterocycles. The molecule has 4 nitrogen and oxygen atoms in total. The normalized spacial score (nSPS) is 15.7. The van der Waals surface area contributed by atoms with Gasteiger partial charge >= 0.3 is 0 Å². The number of nitrogens with zero attached hydrogens (tertiary/aromatic N) is 2. The second-order valence-electron chi connectivity index (χ2n) is 6.74. The molecule has 0 bridgehead atoms. The van der Waals surface area contributed by atoms with E-state index in [1.807, 2.05) is 48.5 Å². The van der Waals surface area contributed by atoms with Crippen molar-refractivity contribution in [2.45, 2.75) is 19.4 Å². The maximum Gasteiger partial charge on any atom is 0.216 e. The first-order chi connectivity index (χ1) is 12.0. The Morgan fingerprint density at radius 1 is 1.12 bits per heavy atom. The van der Waals surface area contributed by atoms with Crippen LogP contribution in [-0.2, 0) is 4.74 Å². The third-order valence-corrected chi connectivity index (χ3v) is 4.29. The maximum absolute atomic E-state index is 6.06. The van der Waals surface area contributed by atoms with E-state index >= 15 is 0 Å². The fourth-order valence-electron chi connectivity index (χ4n) is 2.85. The van der Waals surface area contributed by atoms with E-state index in [2.05, 4.69) is 29.1 Å². The van der Waals surface area contributed by atoms with Crippen LogP contribution in [-0.4, -0.2) is 23.0 Å². The molecule has 0 fully saturated rings. The molecule has 3 aromatic rings. The van der Waals surface area contributed by atoms with Gasteiger partial charge in [0, 0.05) is 33.5 Å². The average Bonchev–Trinajstić information content (AvgIpc) is 2.95. The fraction of sp³-hybridized carbons (Fsp3) is 0.200. The van der Waals surface area contributed by atoms with Crippen LogP contribution in [0.4, 0.5) is 11.4 Å². The van der Waals surface area contributed by atoms with Crippen molar-refractivity contribution in [1.82, 2.24) is 4.98 Å². The Kier molecular flexibility index (Phi) is 3.85. The number of pyridine rings is 1. The lowest BCUT2D eigenvalue weighted by molar-refractivity contribution is 0.279. The number of rotatable bonds is 3. The van der Waals surface area contributed by atoms with Gasteiger partial charge in [0.05, 0.1) is 11.1 Å². The number of benzene rings is 2. The molecule has 1 aliphatic heterocycles. The van der Waals surface area contributed by atoms with Crippen molar-refractivity contribution in [3.8, 4) is 0 Å². The van der Waals surface area contributed by atoms with E-state index in [0.717, 1.165) is 27.8 Å². The molecule has 0 saturated carbocycles. The Balaban J connectivity index is 1.67. The molecular formula is C20H18ClN3O. The number of aliphatic imine (C=N–C) groups is 1. The summed E-state index contributed by atoms with van der Waals surface area (Å²) in [7, 11) is 0. The van der Waals surface area contributed by atoms with Gasteiger partial charge in [-0.05, 0) is 56.3 Å². The average molecular weight is 352 g/mol. The molecule has 2 heterocycles. The number of aromatic nitrogens is 1. The lowest BCUT2D eigenvalue weighted by atomic mass is 10.1. The molecular weight excluding hydrogens is 334 g/mol. The number of ether oxygens (including phenoxy) is 1. The van der Waals surface area contributed by atoms with Crippen LogP contribution in [0.25, 0.3) is 10.9 Å². The van der Waals surface area contributed by atoms with Gasteiger partial charge in [-0.1, -0.05) is 17.7 Å². The molecule has 0 amide bonds. The van der Waals surface area contributed by atoms with Crippen LogP contribution in [0, 0.1) is 0 Å². The molecule has 0 saturated heterocycles. The number of hydrogen-bond donors (Lipinski definition) is 1. The van der Waals surface area contributed by atoms with Crippen LogP contribution in [0.2, 0.25) is 5.02 Å². The molecule has 2 aromatic carbocycles. The van der Waals surface area contributed by atoms with Crippen molar-refractivity contribution >= 4 is 39.8 Å². The van der Waals surface area contributed by atoms with E-state index in [4.69, 9.17) is 16.3 Å². The highest BCUT2D eigenvalue weighted by atomic mass is 35.5. The Labute approximate surface area is 151 Å². The van der Waals surface area contributed by atoms with Crippen molar-refractivity contribution in [2.24, 2.45) is 4.99 Å². The zero-order valence-electron chi connectivity index (χ0n) is 14.1. The summed E-state index contributed by atoms with van der Waals surface area (Å²) in [5.41, 5.74) is 3.61. The number of halogens is 1. The molecule has 1 N–H and O–H groups in total. The first-order valence-corrected chi connectivity index (χ1v) is 8.52. The minimum Gasteiger partial charge on any atom is -0.475 e.